The molecule has 0 spiro atoms. The van der Waals surface area contributed by atoms with E-state index in [9.17, 15) is 8.42 Å². The van der Waals surface area contributed by atoms with Crippen LogP contribution in [0.5, 0.6) is 5.75 Å². The molecule has 0 N–H and O–H groups in total. The largest absolute Gasteiger partial charge is 0.547 e. The molecule has 0 aliphatic rings. The quantitative estimate of drug-likeness (QED) is 0.778. The van der Waals surface area contributed by atoms with Crippen molar-refractivity contribution in [1.82, 2.24) is 0 Å². The summed E-state index contributed by atoms with van der Waals surface area (Å²) in [5.41, 5.74) is 0. The smallest absolute Gasteiger partial charge is 0.119 e. The molecule has 0 unspecified atom stereocenters. The third-order valence-electron chi connectivity index (χ3n) is 2.64. The van der Waals surface area contributed by atoms with Crippen LogP contribution in [-0.4, -0.2) is 22.1 Å². The number of hydrogen-bond acceptors (Lipinski definition) is 3. The molecule has 2 rings (SSSR count). The normalized spacial score (nSPS) is 10.5. The Kier molecular flexibility index (Phi) is 7.88. The summed E-state index contributed by atoms with van der Waals surface area (Å²) in [4.78, 5) is 0.212. The molecule has 0 saturated carbocycles. The van der Waals surface area contributed by atoms with Crippen LogP contribution < -0.4 is 4.74 Å². The van der Waals surface area contributed by atoms with Crippen molar-refractivity contribution >= 4 is 20.8 Å². The number of rotatable bonds is 4. The Morgan fingerprint density at radius 1 is 1.20 bits per heavy atom. The Morgan fingerprint density at radius 3 is 2.50 bits per heavy atom. The van der Waals surface area contributed by atoms with Gasteiger partial charge in [0.1, 0.15) is 15.8 Å². The molecule has 0 aliphatic heterocycles. The number of fused-ring (bicyclic) bond motifs is 1. The molecular weight excluding hydrogens is 351 g/mol. The monoisotopic (exact) mass is 368 g/mol. The van der Waals surface area contributed by atoms with Gasteiger partial charge in [0.25, 0.3) is 0 Å². The van der Waals surface area contributed by atoms with Gasteiger partial charge >= 0.3 is 0 Å². The maximum absolute atomic E-state index is 11.9. The predicted octanol–water partition coefficient (Wildman–Crippen LogP) is 3.38. The third kappa shape index (κ3) is 4.01. The van der Waals surface area contributed by atoms with Crippen molar-refractivity contribution in [2.24, 2.45) is 0 Å². The van der Waals surface area contributed by atoms with Gasteiger partial charge in [-0.2, -0.15) is 7.05 Å². The first kappa shape index (κ1) is 19.5. The Morgan fingerprint density at radius 2 is 1.90 bits per heavy atom. The number of ether oxygens (including phenoxy) is 1. The zero-order valence-corrected chi connectivity index (χ0v) is 15.5. The van der Waals surface area contributed by atoms with Crippen molar-refractivity contribution in [2.75, 3.05) is 13.7 Å². The summed E-state index contributed by atoms with van der Waals surface area (Å²) >= 11 is 0. The SMILES string of the molecule is CCOc1ccc2cccc(S(=O)(=O)[N-]C)c2c1.[CH3-].[Y]. The van der Waals surface area contributed by atoms with Crippen molar-refractivity contribution in [2.45, 2.75) is 11.8 Å². The molecule has 6 heteroatoms. The molecule has 0 saturated heterocycles. The summed E-state index contributed by atoms with van der Waals surface area (Å²) in [6.07, 6.45) is 0. The molecular formula is C14H17NO3SY-2. The van der Waals surface area contributed by atoms with E-state index >= 15 is 0 Å². The molecule has 107 valence electrons. The zero-order valence-electron chi connectivity index (χ0n) is 11.8. The molecule has 0 bridgehead atoms. The summed E-state index contributed by atoms with van der Waals surface area (Å²) < 4.78 is 32.6. The number of hydrogen-bond donors (Lipinski definition) is 0. The fourth-order valence-corrected chi connectivity index (χ4v) is 2.70. The van der Waals surface area contributed by atoms with E-state index in [0.717, 1.165) is 5.39 Å². The minimum Gasteiger partial charge on any atom is -0.547 e. The van der Waals surface area contributed by atoms with E-state index in [4.69, 9.17) is 4.74 Å². The minimum atomic E-state index is -3.59. The van der Waals surface area contributed by atoms with E-state index < -0.39 is 10.0 Å². The molecule has 0 heterocycles. The van der Waals surface area contributed by atoms with Gasteiger partial charge in [-0.25, -0.2) is 8.42 Å². The average Bonchev–Trinajstić information content (AvgIpc) is 2.38. The van der Waals surface area contributed by atoms with Crippen molar-refractivity contribution in [3.05, 3.63) is 48.5 Å². The Hall–Kier alpha value is -0.486. The first-order valence-corrected chi connectivity index (χ1v) is 7.04. The van der Waals surface area contributed by atoms with Crippen molar-refractivity contribution in [3.63, 3.8) is 0 Å². The molecule has 20 heavy (non-hydrogen) atoms. The summed E-state index contributed by atoms with van der Waals surface area (Å²) in [6.45, 7) is 2.42. The van der Waals surface area contributed by atoms with Gasteiger partial charge in [-0.3, -0.25) is 0 Å². The van der Waals surface area contributed by atoms with Gasteiger partial charge in [0.05, 0.1) is 11.5 Å². The second-order valence-electron chi connectivity index (χ2n) is 3.73. The van der Waals surface area contributed by atoms with Gasteiger partial charge in [0, 0.05) is 38.1 Å². The van der Waals surface area contributed by atoms with Crippen molar-refractivity contribution in [3.8, 4) is 5.75 Å². The summed E-state index contributed by atoms with van der Waals surface area (Å²) in [6, 6.07) is 10.5. The van der Waals surface area contributed by atoms with E-state index in [-0.39, 0.29) is 45.0 Å². The van der Waals surface area contributed by atoms with Crippen LogP contribution in [0.1, 0.15) is 6.92 Å². The molecule has 0 aromatic heterocycles. The number of nitrogens with zero attached hydrogens (tertiary/aromatic N) is 1. The van der Waals surface area contributed by atoms with Gasteiger partial charge in [0.15, 0.2) is 0 Å². The third-order valence-corrected chi connectivity index (χ3v) is 4.04. The van der Waals surface area contributed by atoms with Crippen LogP contribution in [0.15, 0.2) is 41.3 Å². The molecule has 2 aromatic rings. The molecule has 2 aromatic carbocycles. The molecule has 0 amide bonds. The first-order valence-electron chi connectivity index (χ1n) is 5.60. The maximum atomic E-state index is 11.9. The van der Waals surface area contributed by atoms with E-state index in [1.54, 1.807) is 18.2 Å². The first-order chi connectivity index (χ1) is 8.58. The minimum absolute atomic E-state index is 0. The maximum Gasteiger partial charge on any atom is 0.119 e. The molecule has 0 atom stereocenters. The summed E-state index contributed by atoms with van der Waals surface area (Å²) in [7, 11) is -2.31. The van der Waals surface area contributed by atoms with Crippen LogP contribution >= 0.6 is 0 Å². The molecule has 4 nitrogen and oxygen atoms in total. The van der Waals surface area contributed by atoms with Gasteiger partial charge in [-0.1, -0.05) is 18.2 Å². The number of sulfonamides is 1. The van der Waals surface area contributed by atoms with Gasteiger partial charge < -0.3 is 16.9 Å². The van der Waals surface area contributed by atoms with Gasteiger partial charge in [0.2, 0.25) is 0 Å². The van der Waals surface area contributed by atoms with Gasteiger partial charge in [-0.15, -0.1) is 0 Å². The Balaban J connectivity index is 0.00000180. The molecule has 0 fully saturated rings. The van der Waals surface area contributed by atoms with E-state index in [0.29, 0.717) is 17.7 Å². The Bertz CT molecular complexity index is 671. The summed E-state index contributed by atoms with van der Waals surface area (Å²) in [5.74, 6) is 0.656. The van der Waals surface area contributed by atoms with Crippen LogP contribution in [-0.2, 0) is 42.7 Å². The Labute approximate surface area is 145 Å². The van der Waals surface area contributed by atoms with E-state index in [1.807, 2.05) is 25.1 Å². The predicted molar refractivity (Wildman–Crippen MR) is 78.0 cm³/mol. The van der Waals surface area contributed by atoms with Gasteiger partial charge in [-0.05, 0) is 30.5 Å². The van der Waals surface area contributed by atoms with Crippen LogP contribution in [0, 0.1) is 7.43 Å². The molecule has 1 radical (unpaired) electrons. The number of benzene rings is 2. The topological polar surface area (TPSA) is 57.5 Å². The summed E-state index contributed by atoms with van der Waals surface area (Å²) in [5, 5.41) is 1.48. The fourth-order valence-electron chi connectivity index (χ4n) is 1.80. The van der Waals surface area contributed by atoms with E-state index in [1.165, 1.54) is 7.05 Å². The molecule has 0 aliphatic carbocycles. The van der Waals surface area contributed by atoms with Crippen LogP contribution in [0.4, 0.5) is 0 Å². The van der Waals surface area contributed by atoms with Crippen LogP contribution in [0.3, 0.4) is 0 Å². The van der Waals surface area contributed by atoms with E-state index in [2.05, 4.69) is 4.72 Å². The standard InChI is InChI=1S/C13H14NO3S.CH3.Y/c1-3-17-11-8-7-10-5-4-6-13(12(10)9-11)18(15,16)14-2;;/h4-9H,3H2,1-2H3;1H3;/q2*-1;. The average molecular weight is 368 g/mol. The fraction of sp³-hybridized carbons (Fsp3) is 0.214. The van der Waals surface area contributed by atoms with Crippen molar-refractivity contribution in [1.29, 1.82) is 0 Å². The second-order valence-corrected chi connectivity index (χ2v) is 5.48. The van der Waals surface area contributed by atoms with Crippen LogP contribution in [0.25, 0.3) is 15.5 Å². The second kappa shape index (κ2) is 8.08. The van der Waals surface area contributed by atoms with Crippen molar-refractivity contribution < 1.29 is 45.9 Å². The zero-order chi connectivity index (χ0) is 13.2. The van der Waals surface area contributed by atoms with Crippen LogP contribution in [0.2, 0.25) is 0 Å².